The van der Waals surface area contributed by atoms with Crippen molar-refractivity contribution in [2.45, 2.75) is 19.7 Å². The summed E-state index contributed by atoms with van der Waals surface area (Å²) in [6.07, 6.45) is 0. The van der Waals surface area contributed by atoms with E-state index in [1.807, 2.05) is 24.3 Å². The van der Waals surface area contributed by atoms with Crippen molar-refractivity contribution in [3.05, 3.63) is 86.8 Å². The Morgan fingerprint density at radius 3 is 2.58 bits per heavy atom. The molecule has 0 aliphatic heterocycles. The first-order valence-corrected chi connectivity index (χ1v) is 8.85. The fourth-order valence-electron chi connectivity index (χ4n) is 2.25. The van der Waals surface area contributed by atoms with E-state index in [1.165, 1.54) is 22.6 Å². The molecule has 3 aromatic rings. The van der Waals surface area contributed by atoms with Crippen molar-refractivity contribution >= 4 is 22.9 Å². The third-order valence-corrected chi connectivity index (χ3v) is 4.77. The Labute approximate surface area is 149 Å². The first-order chi connectivity index (χ1) is 11.7. The van der Waals surface area contributed by atoms with Crippen molar-refractivity contribution < 1.29 is 9.13 Å². The van der Waals surface area contributed by atoms with Crippen LogP contribution in [0.5, 0.6) is 5.75 Å². The third kappa shape index (κ3) is 4.81. The van der Waals surface area contributed by atoms with Gasteiger partial charge >= 0.3 is 0 Å². The largest absolute Gasteiger partial charge is 0.489 e. The van der Waals surface area contributed by atoms with Crippen LogP contribution in [0.1, 0.15) is 16.0 Å². The first-order valence-electron chi connectivity index (χ1n) is 7.59. The van der Waals surface area contributed by atoms with Gasteiger partial charge in [0.05, 0.1) is 5.02 Å². The molecule has 2 nitrogen and oxygen atoms in total. The SMILES string of the molecule is Fc1ccc(COc2ccc(CNCc3cccs3)cc2)c(Cl)c1. The molecule has 1 heterocycles. The molecule has 0 aliphatic rings. The summed E-state index contributed by atoms with van der Waals surface area (Å²) >= 11 is 7.74. The second-order valence-corrected chi connectivity index (χ2v) is 6.79. The lowest BCUT2D eigenvalue weighted by Crippen LogP contribution is -2.11. The second-order valence-electron chi connectivity index (χ2n) is 5.35. The Balaban J connectivity index is 1.49. The van der Waals surface area contributed by atoms with Gasteiger partial charge in [0.25, 0.3) is 0 Å². The van der Waals surface area contributed by atoms with E-state index in [4.69, 9.17) is 16.3 Å². The van der Waals surface area contributed by atoms with Gasteiger partial charge in [0.15, 0.2) is 0 Å². The lowest BCUT2D eigenvalue weighted by molar-refractivity contribution is 0.306. The summed E-state index contributed by atoms with van der Waals surface area (Å²) in [5.74, 6) is 0.417. The summed E-state index contributed by atoms with van der Waals surface area (Å²) in [5, 5.41) is 5.87. The van der Waals surface area contributed by atoms with Crippen LogP contribution in [0.25, 0.3) is 0 Å². The zero-order valence-corrected chi connectivity index (χ0v) is 14.5. The lowest BCUT2D eigenvalue weighted by Gasteiger charge is -2.09. The third-order valence-electron chi connectivity index (χ3n) is 3.54. The van der Waals surface area contributed by atoms with Crippen LogP contribution >= 0.6 is 22.9 Å². The summed E-state index contributed by atoms with van der Waals surface area (Å²) in [7, 11) is 0. The smallest absolute Gasteiger partial charge is 0.124 e. The van der Waals surface area contributed by atoms with Crippen LogP contribution < -0.4 is 10.1 Å². The maximum absolute atomic E-state index is 13.0. The average molecular weight is 362 g/mol. The van der Waals surface area contributed by atoms with E-state index in [1.54, 1.807) is 17.4 Å². The molecule has 2 aromatic carbocycles. The molecule has 3 rings (SSSR count). The molecule has 0 unspecified atom stereocenters. The number of halogens is 2. The molecule has 1 aromatic heterocycles. The van der Waals surface area contributed by atoms with Crippen LogP contribution in [-0.4, -0.2) is 0 Å². The van der Waals surface area contributed by atoms with Crippen molar-refractivity contribution in [2.75, 3.05) is 0 Å². The van der Waals surface area contributed by atoms with Crippen LogP contribution in [0, 0.1) is 5.82 Å². The molecule has 0 amide bonds. The highest BCUT2D eigenvalue weighted by molar-refractivity contribution is 7.09. The number of hydrogen-bond acceptors (Lipinski definition) is 3. The van der Waals surface area contributed by atoms with Gasteiger partial charge in [0.2, 0.25) is 0 Å². The zero-order chi connectivity index (χ0) is 16.8. The number of rotatable bonds is 7. The molecule has 0 atom stereocenters. The first kappa shape index (κ1) is 17.0. The minimum atomic E-state index is -0.344. The minimum absolute atomic E-state index is 0.315. The van der Waals surface area contributed by atoms with Crippen molar-refractivity contribution in [1.29, 1.82) is 0 Å². The van der Waals surface area contributed by atoms with Gasteiger partial charge in [0.1, 0.15) is 18.2 Å². The lowest BCUT2D eigenvalue weighted by atomic mass is 10.2. The monoisotopic (exact) mass is 361 g/mol. The molecule has 5 heteroatoms. The maximum Gasteiger partial charge on any atom is 0.124 e. The predicted molar refractivity (Wildman–Crippen MR) is 97.0 cm³/mol. The van der Waals surface area contributed by atoms with Crippen molar-refractivity contribution in [3.8, 4) is 5.75 Å². The maximum atomic E-state index is 13.0. The number of thiophene rings is 1. The van der Waals surface area contributed by atoms with Gasteiger partial charge in [-0.2, -0.15) is 0 Å². The minimum Gasteiger partial charge on any atom is -0.489 e. The van der Waals surface area contributed by atoms with E-state index in [2.05, 4.69) is 22.8 Å². The molecule has 0 fully saturated rings. The Bertz CT molecular complexity index is 775. The fraction of sp³-hybridized carbons (Fsp3) is 0.158. The number of ether oxygens (including phenoxy) is 1. The molecule has 1 N–H and O–H groups in total. The highest BCUT2D eigenvalue weighted by Gasteiger charge is 2.03. The van der Waals surface area contributed by atoms with Gasteiger partial charge in [0, 0.05) is 23.5 Å². The highest BCUT2D eigenvalue weighted by atomic mass is 35.5. The Morgan fingerprint density at radius 2 is 1.88 bits per heavy atom. The Hall–Kier alpha value is -1.88. The Kier molecular flexibility index (Phi) is 5.86. The van der Waals surface area contributed by atoms with Gasteiger partial charge in [-0.1, -0.05) is 35.9 Å². The standard InChI is InChI=1S/C19H17ClFNOS/c20-19-10-16(21)6-5-15(19)13-23-17-7-3-14(4-8-17)11-22-12-18-2-1-9-24-18/h1-10,22H,11-13H2. The molecule has 124 valence electrons. The normalized spacial score (nSPS) is 10.8. The molecule has 0 bridgehead atoms. The van der Waals surface area contributed by atoms with Crippen LogP contribution in [0.3, 0.4) is 0 Å². The molecular formula is C19H17ClFNOS. The summed E-state index contributed by atoms with van der Waals surface area (Å²) in [5.41, 5.74) is 1.96. The predicted octanol–water partition coefficient (Wildman–Crippen LogP) is 5.41. The van der Waals surface area contributed by atoms with Gasteiger partial charge in [-0.15, -0.1) is 11.3 Å². The van der Waals surface area contributed by atoms with Crippen LogP contribution in [-0.2, 0) is 19.7 Å². The molecule has 24 heavy (non-hydrogen) atoms. The summed E-state index contributed by atoms with van der Waals surface area (Å²) < 4.78 is 18.7. The second kappa shape index (κ2) is 8.29. The molecule has 0 aliphatic carbocycles. The van der Waals surface area contributed by atoms with E-state index in [0.717, 1.165) is 24.4 Å². The van der Waals surface area contributed by atoms with Gasteiger partial charge < -0.3 is 10.1 Å². The fourth-order valence-corrected chi connectivity index (χ4v) is 3.14. The van der Waals surface area contributed by atoms with Gasteiger partial charge in [-0.25, -0.2) is 4.39 Å². The summed E-state index contributed by atoms with van der Waals surface area (Å²) in [6.45, 7) is 2.00. The van der Waals surface area contributed by atoms with E-state index < -0.39 is 0 Å². The van der Waals surface area contributed by atoms with Gasteiger partial charge in [-0.3, -0.25) is 0 Å². The van der Waals surface area contributed by atoms with E-state index in [0.29, 0.717) is 11.6 Å². The van der Waals surface area contributed by atoms with E-state index in [9.17, 15) is 4.39 Å². The summed E-state index contributed by atoms with van der Waals surface area (Å²) in [6, 6.07) is 16.4. The molecule has 0 saturated carbocycles. The molecular weight excluding hydrogens is 345 g/mol. The van der Waals surface area contributed by atoms with E-state index in [-0.39, 0.29) is 5.82 Å². The topological polar surface area (TPSA) is 21.3 Å². The van der Waals surface area contributed by atoms with Gasteiger partial charge in [-0.05, 0) is 41.3 Å². The van der Waals surface area contributed by atoms with Crippen molar-refractivity contribution in [1.82, 2.24) is 5.32 Å². The van der Waals surface area contributed by atoms with Crippen LogP contribution in [0.15, 0.2) is 60.0 Å². The molecule has 0 saturated heterocycles. The highest BCUT2D eigenvalue weighted by Crippen LogP contribution is 2.20. The zero-order valence-electron chi connectivity index (χ0n) is 13.0. The van der Waals surface area contributed by atoms with Crippen molar-refractivity contribution in [2.24, 2.45) is 0 Å². The summed E-state index contributed by atoms with van der Waals surface area (Å²) in [4.78, 5) is 1.33. The number of benzene rings is 2. The number of nitrogens with one attached hydrogen (secondary N) is 1. The average Bonchev–Trinajstić information content (AvgIpc) is 3.09. The quantitative estimate of drug-likeness (QED) is 0.607. The molecule has 0 radical (unpaired) electrons. The van der Waals surface area contributed by atoms with Crippen LogP contribution in [0.2, 0.25) is 5.02 Å². The Morgan fingerprint density at radius 1 is 1.04 bits per heavy atom. The van der Waals surface area contributed by atoms with Crippen LogP contribution in [0.4, 0.5) is 4.39 Å². The molecule has 0 spiro atoms. The van der Waals surface area contributed by atoms with E-state index >= 15 is 0 Å². The number of hydrogen-bond donors (Lipinski definition) is 1. The van der Waals surface area contributed by atoms with Crippen molar-refractivity contribution in [3.63, 3.8) is 0 Å².